The minimum atomic E-state index is -2.00. The lowest BCUT2D eigenvalue weighted by Crippen LogP contribution is -2.41. The van der Waals surface area contributed by atoms with Crippen molar-refractivity contribution in [1.82, 2.24) is 0 Å². The highest BCUT2D eigenvalue weighted by atomic mass is 32.2. The molecule has 0 saturated carbocycles. The van der Waals surface area contributed by atoms with Gasteiger partial charge in [-0.3, -0.25) is 4.21 Å². The Balaban J connectivity index is 2.12. The van der Waals surface area contributed by atoms with E-state index in [-0.39, 0.29) is 29.4 Å². The molecule has 0 radical (unpaired) electrons. The summed E-state index contributed by atoms with van der Waals surface area (Å²) in [6, 6.07) is 0.118. The van der Waals surface area contributed by atoms with Crippen LogP contribution in [0.25, 0.3) is 0 Å². The molecule has 1 aromatic carbocycles. The van der Waals surface area contributed by atoms with E-state index in [4.69, 9.17) is 0 Å². The molecule has 2 atom stereocenters. The fourth-order valence-electron chi connectivity index (χ4n) is 3.27. The summed E-state index contributed by atoms with van der Waals surface area (Å²) in [4.78, 5) is 0. The van der Waals surface area contributed by atoms with Gasteiger partial charge in [0.15, 0.2) is 23.3 Å². The van der Waals surface area contributed by atoms with Gasteiger partial charge in [0, 0.05) is 27.4 Å². The zero-order chi connectivity index (χ0) is 14.7. The second-order valence-electron chi connectivity index (χ2n) is 5.43. The van der Waals surface area contributed by atoms with Crippen LogP contribution in [0.15, 0.2) is 6.07 Å². The Morgan fingerprint density at radius 1 is 1.05 bits per heavy atom. The normalized spacial score (nSPS) is 36.4. The highest BCUT2D eigenvalue weighted by Crippen LogP contribution is 2.47. The Kier molecular flexibility index (Phi) is 3.17. The summed E-state index contributed by atoms with van der Waals surface area (Å²) >= 11 is 0. The van der Waals surface area contributed by atoms with E-state index in [0.717, 1.165) is 0 Å². The van der Waals surface area contributed by atoms with E-state index in [2.05, 4.69) is 0 Å². The van der Waals surface area contributed by atoms with Gasteiger partial charge in [-0.05, 0) is 25.7 Å². The molecule has 110 valence electrons. The van der Waals surface area contributed by atoms with Gasteiger partial charge in [-0.1, -0.05) is 0 Å². The first-order chi connectivity index (χ1) is 9.33. The van der Waals surface area contributed by atoms with Crippen LogP contribution in [0.1, 0.15) is 31.2 Å². The Bertz CT molecular complexity index is 562. The second-order valence-corrected chi connectivity index (χ2v) is 7.42. The fourth-order valence-corrected chi connectivity index (χ4v) is 5.43. The van der Waals surface area contributed by atoms with E-state index < -0.39 is 45.2 Å². The lowest BCUT2D eigenvalue weighted by molar-refractivity contribution is 0.0101. The maximum absolute atomic E-state index is 13.8. The topological polar surface area (TPSA) is 37.3 Å². The number of rotatable bonds is 1. The summed E-state index contributed by atoms with van der Waals surface area (Å²) in [6.45, 7) is 0. The van der Waals surface area contributed by atoms with Crippen LogP contribution < -0.4 is 0 Å². The summed E-state index contributed by atoms with van der Waals surface area (Å²) in [5.74, 6) is -6.21. The summed E-state index contributed by atoms with van der Waals surface area (Å²) in [6.07, 6.45) is 0.876. The molecular formula is C13H12F4O2S. The van der Waals surface area contributed by atoms with Crippen LogP contribution in [-0.4, -0.2) is 19.8 Å². The van der Waals surface area contributed by atoms with Crippen molar-refractivity contribution in [2.24, 2.45) is 0 Å². The number of hydrogen-bond donors (Lipinski definition) is 1. The maximum atomic E-state index is 13.8. The third-order valence-corrected chi connectivity index (χ3v) is 6.29. The molecule has 1 aromatic rings. The van der Waals surface area contributed by atoms with E-state index in [1.165, 1.54) is 0 Å². The molecule has 20 heavy (non-hydrogen) atoms. The fraction of sp³-hybridized carbons (Fsp3) is 0.538. The summed E-state index contributed by atoms with van der Waals surface area (Å²) in [7, 11) is -1.16. The zero-order valence-corrected chi connectivity index (χ0v) is 11.2. The van der Waals surface area contributed by atoms with Gasteiger partial charge in [-0.2, -0.15) is 0 Å². The van der Waals surface area contributed by atoms with Crippen molar-refractivity contribution in [2.45, 2.75) is 41.8 Å². The maximum Gasteiger partial charge on any atom is 0.168 e. The minimum Gasteiger partial charge on any atom is -0.385 e. The highest BCUT2D eigenvalue weighted by Gasteiger charge is 2.51. The van der Waals surface area contributed by atoms with Crippen LogP contribution in [0.3, 0.4) is 0 Å². The first-order valence-electron chi connectivity index (χ1n) is 6.29. The van der Waals surface area contributed by atoms with Crippen LogP contribution in [0.4, 0.5) is 17.6 Å². The first kappa shape index (κ1) is 14.0. The molecule has 2 aliphatic heterocycles. The molecule has 0 amide bonds. The molecule has 0 spiro atoms. The molecular weight excluding hydrogens is 296 g/mol. The van der Waals surface area contributed by atoms with Crippen molar-refractivity contribution in [3.8, 4) is 0 Å². The van der Waals surface area contributed by atoms with Gasteiger partial charge in [-0.25, -0.2) is 17.6 Å². The van der Waals surface area contributed by atoms with Crippen molar-refractivity contribution in [3.63, 3.8) is 0 Å². The van der Waals surface area contributed by atoms with Gasteiger partial charge < -0.3 is 5.11 Å². The minimum absolute atomic E-state index is 0.118. The number of fused-ring (bicyclic) bond motifs is 2. The molecule has 7 heteroatoms. The third kappa shape index (κ3) is 1.90. The molecule has 2 nitrogen and oxygen atoms in total. The van der Waals surface area contributed by atoms with Gasteiger partial charge in [0.05, 0.1) is 11.2 Å². The zero-order valence-electron chi connectivity index (χ0n) is 10.3. The Hall–Kier alpha value is -0.950. The van der Waals surface area contributed by atoms with Crippen LogP contribution in [0.5, 0.6) is 0 Å². The number of halogens is 4. The molecule has 1 N–H and O–H groups in total. The standard InChI is InChI=1S/C13H12F4O2S/c14-8-3-9(15)12(17)10(11(8)16)13(18)4-6-1-2-7(5-13)20(6)19/h3,6-7,18H,1-2,4-5H2. The van der Waals surface area contributed by atoms with E-state index in [1.807, 2.05) is 0 Å². The third-order valence-electron chi connectivity index (χ3n) is 4.18. The van der Waals surface area contributed by atoms with Crippen LogP contribution in [0, 0.1) is 23.3 Å². The monoisotopic (exact) mass is 308 g/mol. The number of hydrogen-bond acceptors (Lipinski definition) is 2. The summed E-state index contributed by atoms with van der Waals surface area (Å²) in [5.41, 5.74) is -2.97. The SMILES string of the molecule is O=S1C2CCC1CC(O)(c1c(F)c(F)cc(F)c1F)C2. The lowest BCUT2D eigenvalue weighted by atomic mass is 9.85. The average Bonchev–Trinajstić information content (AvgIpc) is 2.61. The van der Waals surface area contributed by atoms with E-state index in [0.29, 0.717) is 12.8 Å². The number of benzene rings is 1. The van der Waals surface area contributed by atoms with Crippen molar-refractivity contribution >= 4 is 10.8 Å². The second kappa shape index (κ2) is 4.53. The molecule has 2 fully saturated rings. The van der Waals surface area contributed by atoms with Gasteiger partial charge in [0.25, 0.3) is 0 Å². The number of aliphatic hydroxyl groups is 1. The van der Waals surface area contributed by atoms with Crippen LogP contribution >= 0.6 is 0 Å². The van der Waals surface area contributed by atoms with Crippen LogP contribution in [-0.2, 0) is 16.4 Å². The van der Waals surface area contributed by atoms with Gasteiger partial charge in [0.2, 0.25) is 0 Å². The van der Waals surface area contributed by atoms with Gasteiger partial charge in [0.1, 0.15) is 0 Å². The van der Waals surface area contributed by atoms with Gasteiger partial charge >= 0.3 is 0 Å². The molecule has 0 aromatic heterocycles. The first-order valence-corrected chi connectivity index (χ1v) is 7.56. The molecule has 2 unspecified atom stereocenters. The predicted octanol–water partition coefficient (Wildman–Crippen LogP) is 2.50. The van der Waals surface area contributed by atoms with Crippen molar-refractivity contribution in [3.05, 3.63) is 34.9 Å². The van der Waals surface area contributed by atoms with Crippen LogP contribution in [0.2, 0.25) is 0 Å². The molecule has 2 heterocycles. The molecule has 2 bridgehead atoms. The molecule has 2 aliphatic rings. The Morgan fingerprint density at radius 3 is 1.95 bits per heavy atom. The average molecular weight is 308 g/mol. The lowest BCUT2D eigenvalue weighted by Gasteiger charge is -2.36. The van der Waals surface area contributed by atoms with E-state index in [1.54, 1.807) is 0 Å². The van der Waals surface area contributed by atoms with E-state index in [9.17, 15) is 26.9 Å². The molecule has 2 saturated heterocycles. The summed E-state index contributed by atoms with van der Waals surface area (Å²) < 4.78 is 66.1. The Morgan fingerprint density at radius 2 is 1.50 bits per heavy atom. The quantitative estimate of drug-likeness (QED) is 0.639. The van der Waals surface area contributed by atoms with Crippen molar-refractivity contribution in [1.29, 1.82) is 0 Å². The molecule has 0 aliphatic carbocycles. The van der Waals surface area contributed by atoms with Crippen molar-refractivity contribution in [2.75, 3.05) is 0 Å². The largest absolute Gasteiger partial charge is 0.385 e. The van der Waals surface area contributed by atoms with Crippen molar-refractivity contribution < 1.29 is 26.9 Å². The smallest absolute Gasteiger partial charge is 0.168 e. The van der Waals surface area contributed by atoms with E-state index >= 15 is 0 Å². The molecule has 3 rings (SSSR count). The Labute approximate surface area is 115 Å². The summed E-state index contributed by atoms with van der Waals surface area (Å²) in [5, 5.41) is 9.73. The van der Waals surface area contributed by atoms with Gasteiger partial charge in [-0.15, -0.1) is 0 Å². The predicted molar refractivity (Wildman–Crippen MR) is 64.4 cm³/mol. The highest BCUT2D eigenvalue weighted by molar-refractivity contribution is 7.86.